The van der Waals surface area contributed by atoms with E-state index in [9.17, 15) is 9.59 Å². The molecule has 0 bridgehead atoms. The van der Waals surface area contributed by atoms with E-state index in [2.05, 4.69) is 5.32 Å². The molecule has 1 saturated heterocycles. The molecule has 1 aliphatic rings. The van der Waals surface area contributed by atoms with Crippen LogP contribution in [-0.4, -0.2) is 43.0 Å². The van der Waals surface area contributed by atoms with E-state index >= 15 is 0 Å². The van der Waals surface area contributed by atoms with Crippen LogP contribution in [0.4, 0.5) is 5.69 Å². The molecule has 7 heteroatoms. The van der Waals surface area contributed by atoms with E-state index in [1.165, 1.54) is 6.26 Å². The summed E-state index contributed by atoms with van der Waals surface area (Å²) in [6.45, 7) is 2.48. The third-order valence-electron chi connectivity index (χ3n) is 3.78. The highest BCUT2D eigenvalue weighted by molar-refractivity contribution is 6.05. The summed E-state index contributed by atoms with van der Waals surface area (Å²) in [6, 6.07) is 8.47. The molecule has 0 atom stereocenters. The highest BCUT2D eigenvalue weighted by Crippen LogP contribution is 2.16. The fourth-order valence-electron chi connectivity index (χ4n) is 2.49. The quantitative estimate of drug-likeness (QED) is 0.885. The van der Waals surface area contributed by atoms with Gasteiger partial charge in [0.25, 0.3) is 11.8 Å². The number of carbonyl (C=O) groups excluding carboxylic acids is 2. The molecule has 126 valence electrons. The number of benzene rings is 1. The zero-order valence-corrected chi connectivity index (χ0v) is 13.2. The first-order valence-electron chi connectivity index (χ1n) is 7.73. The minimum absolute atomic E-state index is 0.0665. The van der Waals surface area contributed by atoms with Crippen LogP contribution in [0.5, 0.6) is 0 Å². The number of amides is 2. The maximum Gasteiger partial charge on any atom is 0.258 e. The first-order valence-corrected chi connectivity index (χ1v) is 7.73. The van der Waals surface area contributed by atoms with E-state index < -0.39 is 0 Å². The predicted molar refractivity (Wildman–Crippen MR) is 87.7 cm³/mol. The Morgan fingerprint density at radius 1 is 1.17 bits per heavy atom. The van der Waals surface area contributed by atoms with Crippen LogP contribution in [0, 0.1) is 0 Å². The van der Waals surface area contributed by atoms with Gasteiger partial charge in [-0.1, -0.05) is 6.07 Å². The number of hydrogen-bond acceptors (Lipinski definition) is 5. The smallest absolute Gasteiger partial charge is 0.258 e. The van der Waals surface area contributed by atoms with Crippen molar-refractivity contribution in [3.05, 3.63) is 53.5 Å². The molecule has 24 heavy (non-hydrogen) atoms. The summed E-state index contributed by atoms with van der Waals surface area (Å²) < 4.78 is 10.4. The number of rotatable bonds is 4. The molecule has 1 aromatic heterocycles. The van der Waals surface area contributed by atoms with Gasteiger partial charge >= 0.3 is 0 Å². The van der Waals surface area contributed by atoms with Crippen molar-refractivity contribution >= 4 is 17.5 Å². The molecule has 3 rings (SSSR count). The second-order valence-electron chi connectivity index (χ2n) is 5.45. The summed E-state index contributed by atoms with van der Waals surface area (Å²) >= 11 is 0. The van der Waals surface area contributed by atoms with Crippen molar-refractivity contribution in [1.82, 2.24) is 4.90 Å². The number of morpholine rings is 1. The standard InChI is InChI=1S/C17H19N3O4/c18-10-15-9-13(11-24-15)16(21)19-14-3-1-2-12(8-14)17(22)20-4-6-23-7-5-20/h1-3,8-9,11H,4-7,10,18H2,(H,19,21). The molecule has 0 saturated carbocycles. The van der Waals surface area contributed by atoms with Crippen molar-refractivity contribution in [2.24, 2.45) is 5.73 Å². The Morgan fingerprint density at radius 3 is 2.67 bits per heavy atom. The fraction of sp³-hybridized carbons (Fsp3) is 0.294. The fourth-order valence-corrected chi connectivity index (χ4v) is 2.49. The van der Waals surface area contributed by atoms with Crippen LogP contribution in [0.3, 0.4) is 0 Å². The molecule has 2 amide bonds. The average Bonchev–Trinajstić information content (AvgIpc) is 3.11. The Morgan fingerprint density at radius 2 is 1.96 bits per heavy atom. The van der Waals surface area contributed by atoms with E-state index in [1.807, 2.05) is 0 Å². The predicted octanol–water partition coefficient (Wildman–Crippen LogP) is 1.46. The molecule has 0 radical (unpaired) electrons. The van der Waals surface area contributed by atoms with Gasteiger partial charge in [-0.25, -0.2) is 0 Å². The lowest BCUT2D eigenvalue weighted by Gasteiger charge is -2.27. The summed E-state index contributed by atoms with van der Waals surface area (Å²) in [7, 11) is 0. The summed E-state index contributed by atoms with van der Waals surface area (Å²) in [6.07, 6.45) is 1.36. The van der Waals surface area contributed by atoms with Crippen molar-refractivity contribution in [3.63, 3.8) is 0 Å². The number of anilines is 1. The maximum absolute atomic E-state index is 12.5. The first-order chi connectivity index (χ1) is 11.7. The molecule has 0 unspecified atom stereocenters. The van der Waals surface area contributed by atoms with Gasteiger partial charge in [-0.05, 0) is 24.3 Å². The van der Waals surface area contributed by atoms with Crippen molar-refractivity contribution in [2.45, 2.75) is 6.54 Å². The number of hydrogen-bond donors (Lipinski definition) is 2. The second-order valence-corrected chi connectivity index (χ2v) is 5.45. The van der Waals surface area contributed by atoms with Crippen molar-refractivity contribution in [2.75, 3.05) is 31.6 Å². The van der Waals surface area contributed by atoms with E-state index in [1.54, 1.807) is 35.2 Å². The van der Waals surface area contributed by atoms with Crippen LogP contribution in [0.25, 0.3) is 0 Å². The Labute approximate surface area is 139 Å². The van der Waals surface area contributed by atoms with Crippen LogP contribution in [0.2, 0.25) is 0 Å². The summed E-state index contributed by atoms with van der Waals surface area (Å²) in [5.41, 5.74) is 6.94. The minimum atomic E-state index is -0.311. The van der Waals surface area contributed by atoms with E-state index in [0.717, 1.165) is 0 Å². The molecule has 2 aromatic rings. The Kier molecular flexibility index (Phi) is 4.93. The monoisotopic (exact) mass is 329 g/mol. The van der Waals surface area contributed by atoms with Crippen molar-refractivity contribution in [1.29, 1.82) is 0 Å². The Bertz CT molecular complexity index is 735. The van der Waals surface area contributed by atoms with Crippen LogP contribution >= 0.6 is 0 Å². The van der Waals surface area contributed by atoms with Gasteiger partial charge in [0, 0.05) is 24.3 Å². The topological polar surface area (TPSA) is 97.8 Å². The molecule has 1 aromatic carbocycles. The second kappa shape index (κ2) is 7.29. The van der Waals surface area contributed by atoms with Crippen LogP contribution in [-0.2, 0) is 11.3 Å². The Hall–Kier alpha value is -2.64. The molecule has 3 N–H and O–H groups in total. The molecular weight excluding hydrogens is 310 g/mol. The lowest BCUT2D eigenvalue weighted by Crippen LogP contribution is -2.40. The first kappa shape index (κ1) is 16.2. The summed E-state index contributed by atoms with van der Waals surface area (Å²) in [5.74, 6) is 0.161. The largest absolute Gasteiger partial charge is 0.467 e. The van der Waals surface area contributed by atoms with E-state index in [0.29, 0.717) is 48.9 Å². The van der Waals surface area contributed by atoms with Gasteiger partial charge < -0.3 is 25.1 Å². The number of ether oxygens (including phenoxy) is 1. The van der Waals surface area contributed by atoms with Gasteiger partial charge in [0.1, 0.15) is 12.0 Å². The number of nitrogens with one attached hydrogen (secondary N) is 1. The van der Waals surface area contributed by atoms with Gasteiger partial charge in [0.15, 0.2) is 0 Å². The normalized spacial score (nSPS) is 14.5. The van der Waals surface area contributed by atoms with Gasteiger partial charge in [-0.15, -0.1) is 0 Å². The Balaban J connectivity index is 1.70. The number of nitrogens with zero attached hydrogens (tertiary/aromatic N) is 1. The lowest BCUT2D eigenvalue weighted by molar-refractivity contribution is 0.0303. The zero-order valence-electron chi connectivity index (χ0n) is 13.2. The molecule has 0 aliphatic carbocycles. The maximum atomic E-state index is 12.5. The molecule has 7 nitrogen and oxygen atoms in total. The van der Waals surface area contributed by atoms with Gasteiger partial charge in [0.2, 0.25) is 0 Å². The molecular formula is C17H19N3O4. The average molecular weight is 329 g/mol. The highest BCUT2D eigenvalue weighted by Gasteiger charge is 2.19. The number of furan rings is 1. The summed E-state index contributed by atoms with van der Waals surface area (Å²) in [5, 5.41) is 2.76. The zero-order chi connectivity index (χ0) is 16.9. The van der Waals surface area contributed by atoms with Gasteiger partial charge in [-0.2, -0.15) is 0 Å². The minimum Gasteiger partial charge on any atom is -0.467 e. The number of nitrogens with two attached hydrogens (primary N) is 1. The van der Waals surface area contributed by atoms with Crippen LogP contribution < -0.4 is 11.1 Å². The van der Waals surface area contributed by atoms with Crippen molar-refractivity contribution in [3.8, 4) is 0 Å². The van der Waals surface area contributed by atoms with E-state index in [4.69, 9.17) is 14.9 Å². The SMILES string of the molecule is NCc1cc(C(=O)Nc2cccc(C(=O)N3CCOCC3)c2)co1. The van der Waals surface area contributed by atoms with Crippen molar-refractivity contribution < 1.29 is 18.7 Å². The highest BCUT2D eigenvalue weighted by atomic mass is 16.5. The van der Waals surface area contributed by atoms with Crippen LogP contribution in [0.1, 0.15) is 26.5 Å². The lowest BCUT2D eigenvalue weighted by atomic mass is 10.1. The third kappa shape index (κ3) is 3.64. The third-order valence-corrected chi connectivity index (χ3v) is 3.78. The molecule has 1 fully saturated rings. The van der Waals surface area contributed by atoms with Gasteiger partial charge in [-0.3, -0.25) is 9.59 Å². The van der Waals surface area contributed by atoms with E-state index in [-0.39, 0.29) is 18.4 Å². The van der Waals surface area contributed by atoms with Gasteiger partial charge in [0.05, 0.1) is 25.3 Å². The molecule has 0 spiro atoms. The van der Waals surface area contributed by atoms with Crippen LogP contribution in [0.15, 0.2) is 41.0 Å². The summed E-state index contributed by atoms with van der Waals surface area (Å²) in [4.78, 5) is 26.4. The molecule has 2 heterocycles. The number of carbonyl (C=O) groups is 2. The molecule has 1 aliphatic heterocycles.